The molecule has 0 aromatic carbocycles. The van der Waals surface area contributed by atoms with E-state index in [1.807, 2.05) is 21.1 Å². The molecule has 0 spiro atoms. The van der Waals surface area contributed by atoms with Gasteiger partial charge in [-0.15, -0.1) is 0 Å². The molecule has 4 atom stereocenters. The van der Waals surface area contributed by atoms with Crippen LogP contribution < -0.4 is 0 Å². The van der Waals surface area contributed by atoms with Crippen molar-refractivity contribution in [3.63, 3.8) is 0 Å². The van der Waals surface area contributed by atoms with Gasteiger partial charge in [-0.3, -0.25) is 18.6 Å². The van der Waals surface area contributed by atoms with E-state index in [1.54, 1.807) is 0 Å². The zero-order valence-electron chi connectivity index (χ0n) is 41.3. The van der Waals surface area contributed by atoms with Crippen molar-refractivity contribution in [2.45, 2.75) is 238 Å². The highest BCUT2D eigenvalue weighted by molar-refractivity contribution is 7.47. The number of phosphoric acid groups is 1. The summed E-state index contributed by atoms with van der Waals surface area (Å²) >= 11 is 0. The number of unbranched alkanes of at least 4 members (excludes halogenated alkanes) is 24. The van der Waals surface area contributed by atoms with Gasteiger partial charge in [-0.2, -0.15) is 0 Å². The summed E-state index contributed by atoms with van der Waals surface area (Å²) in [7, 11) is 1.44. The van der Waals surface area contributed by atoms with Crippen LogP contribution in [-0.4, -0.2) is 87.1 Å². The highest BCUT2D eigenvalue weighted by Crippen LogP contribution is 2.43. The Balaban J connectivity index is 2.23. The SMILES string of the molecule is CCCCC/C=C\CC1OC1C/C=C\C/C=C\CCCC(=O)O[C@H](COC(=O)CCCCCCCCCCCCCCCCCCCCCCC)COP(=O)(O)OCC[N+](C)(C)C. The number of carbonyl (C=O) groups excluding carboxylic acids is 2. The van der Waals surface area contributed by atoms with Crippen molar-refractivity contribution >= 4 is 19.8 Å². The molecule has 0 radical (unpaired) electrons. The maximum atomic E-state index is 12.7. The molecule has 0 aromatic rings. The molecule has 0 amide bonds. The molecule has 1 heterocycles. The molecule has 63 heavy (non-hydrogen) atoms. The molecule has 1 aliphatic rings. The Hall–Kier alpha value is -1.81. The minimum atomic E-state index is -4.40. The van der Waals surface area contributed by atoms with Gasteiger partial charge < -0.3 is 23.6 Å². The van der Waals surface area contributed by atoms with Gasteiger partial charge >= 0.3 is 19.8 Å². The van der Waals surface area contributed by atoms with Gasteiger partial charge in [0.2, 0.25) is 0 Å². The van der Waals surface area contributed by atoms with Gasteiger partial charge in [-0.25, -0.2) is 4.57 Å². The van der Waals surface area contributed by atoms with Crippen LogP contribution in [0.4, 0.5) is 0 Å². The van der Waals surface area contributed by atoms with Gasteiger partial charge in [-0.05, 0) is 51.4 Å². The molecule has 0 saturated carbocycles. The van der Waals surface area contributed by atoms with E-state index in [1.165, 1.54) is 135 Å². The third kappa shape index (κ3) is 41.4. The molecule has 10 nitrogen and oxygen atoms in total. The fraction of sp³-hybridized carbons (Fsp3) is 0.846. The number of hydrogen-bond donors (Lipinski definition) is 1. The van der Waals surface area contributed by atoms with Crippen LogP contribution in [-0.2, 0) is 37.4 Å². The van der Waals surface area contributed by atoms with Gasteiger partial charge in [0.25, 0.3) is 0 Å². The Morgan fingerprint density at radius 2 is 1.02 bits per heavy atom. The second-order valence-corrected chi connectivity index (χ2v) is 20.4. The topological polar surface area (TPSA) is 121 Å². The van der Waals surface area contributed by atoms with Gasteiger partial charge in [0.1, 0.15) is 19.8 Å². The zero-order valence-corrected chi connectivity index (χ0v) is 42.2. The number of ether oxygens (including phenoxy) is 3. The Labute approximate surface area is 386 Å². The number of epoxide rings is 1. The van der Waals surface area contributed by atoms with Crippen molar-refractivity contribution < 1.29 is 46.8 Å². The Morgan fingerprint density at radius 3 is 1.56 bits per heavy atom. The summed E-state index contributed by atoms with van der Waals surface area (Å²) < 4.78 is 40.2. The minimum Gasteiger partial charge on any atom is -0.462 e. The molecule has 1 rings (SSSR count). The van der Waals surface area contributed by atoms with E-state index in [0.717, 1.165) is 44.9 Å². The molecule has 368 valence electrons. The number of rotatable bonds is 46. The molecule has 0 bridgehead atoms. The molecule has 1 saturated heterocycles. The average Bonchev–Trinajstić information content (AvgIpc) is 4.00. The summed E-state index contributed by atoms with van der Waals surface area (Å²) in [5.41, 5.74) is 0. The van der Waals surface area contributed by atoms with E-state index in [4.69, 9.17) is 23.3 Å². The number of hydrogen-bond acceptors (Lipinski definition) is 8. The normalized spacial score (nSPS) is 16.9. The van der Waals surface area contributed by atoms with Gasteiger partial charge in [0, 0.05) is 12.8 Å². The molecule has 0 aliphatic carbocycles. The van der Waals surface area contributed by atoms with Crippen LogP contribution in [0.1, 0.15) is 219 Å². The van der Waals surface area contributed by atoms with Crippen molar-refractivity contribution in [1.29, 1.82) is 0 Å². The van der Waals surface area contributed by atoms with Gasteiger partial charge in [0.05, 0.1) is 40.0 Å². The summed E-state index contributed by atoms with van der Waals surface area (Å²) in [5, 5.41) is 0. The quantitative estimate of drug-likeness (QED) is 0.0159. The number of carbonyl (C=O) groups is 2. The largest absolute Gasteiger partial charge is 0.472 e. The Kier molecular flexibility index (Phi) is 38.0. The lowest BCUT2D eigenvalue weighted by Gasteiger charge is -2.24. The third-order valence-corrected chi connectivity index (χ3v) is 12.6. The maximum absolute atomic E-state index is 12.7. The highest BCUT2D eigenvalue weighted by Gasteiger charge is 2.36. The van der Waals surface area contributed by atoms with Crippen LogP contribution in [0.3, 0.4) is 0 Å². The van der Waals surface area contributed by atoms with E-state index in [2.05, 4.69) is 50.3 Å². The molecule has 0 aromatic heterocycles. The first-order chi connectivity index (χ1) is 30.5. The van der Waals surface area contributed by atoms with Crippen molar-refractivity contribution in [2.24, 2.45) is 0 Å². The standard InChI is InChI=1S/C52H96NO9P/c1-6-8-10-12-14-15-16-17-18-19-20-21-22-23-24-25-26-27-30-34-38-42-51(54)58-46-48(47-60-63(56,57)59-45-44-53(3,4)5)61-52(55)43-39-35-31-28-29-33-37-41-50-49(62-50)40-36-32-13-11-9-7-2/h28,31-33,36-37,48-50H,6-27,29-30,34-35,38-47H2,1-5H3/p+1/b31-28-,36-32-,37-33-/t48-,49?,50?/m1/s1. The van der Waals surface area contributed by atoms with Gasteiger partial charge in [0.15, 0.2) is 6.10 Å². The first kappa shape index (κ1) is 59.2. The summed E-state index contributed by atoms with van der Waals surface area (Å²) in [6, 6.07) is 0. The second-order valence-electron chi connectivity index (χ2n) is 18.9. The monoisotopic (exact) mass is 911 g/mol. The predicted molar refractivity (Wildman–Crippen MR) is 261 cm³/mol. The van der Waals surface area contributed by atoms with E-state index in [-0.39, 0.29) is 32.0 Å². The van der Waals surface area contributed by atoms with E-state index >= 15 is 0 Å². The zero-order chi connectivity index (χ0) is 46.1. The molecular weight excluding hydrogens is 814 g/mol. The van der Waals surface area contributed by atoms with E-state index in [9.17, 15) is 19.0 Å². The van der Waals surface area contributed by atoms with Crippen molar-refractivity contribution in [1.82, 2.24) is 0 Å². The summed E-state index contributed by atoms with van der Waals surface area (Å²) in [5.74, 6) is -0.861. The van der Waals surface area contributed by atoms with Crippen LogP contribution in [0.5, 0.6) is 0 Å². The number of quaternary nitrogens is 1. The summed E-state index contributed by atoms with van der Waals surface area (Å²) in [6.45, 7) is 4.35. The van der Waals surface area contributed by atoms with E-state index in [0.29, 0.717) is 36.1 Å². The second kappa shape index (κ2) is 40.5. The van der Waals surface area contributed by atoms with E-state index < -0.39 is 26.5 Å². The molecule has 11 heteroatoms. The lowest BCUT2D eigenvalue weighted by Crippen LogP contribution is -2.37. The van der Waals surface area contributed by atoms with Crippen LogP contribution in [0, 0.1) is 0 Å². The lowest BCUT2D eigenvalue weighted by atomic mass is 10.0. The summed E-state index contributed by atoms with van der Waals surface area (Å²) in [6.07, 6.45) is 49.5. The fourth-order valence-corrected chi connectivity index (χ4v) is 8.14. The average molecular weight is 911 g/mol. The lowest BCUT2D eigenvalue weighted by molar-refractivity contribution is -0.870. The van der Waals surface area contributed by atoms with Crippen LogP contribution >= 0.6 is 7.82 Å². The molecular formula is C52H97NO9P+. The van der Waals surface area contributed by atoms with Crippen LogP contribution in [0.25, 0.3) is 0 Å². The number of likely N-dealkylation sites (N-methyl/N-ethyl adjacent to an activating group) is 1. The highest BCUT2D eigenvalue weighted by atomic mass is 31.2. The van der Waals surface area contributed by atoms with Gasteiger partial charge in [-0.1, -0.05) is 192 Å². The van der Waals surface area contributed by atoms with Crippen LogP contribution in [0.2, 0.25) is 0 Å². The third-order valence-electron chi connectivity index (χ3n) is 11.6. The number of esters is 2. The summed E-state index contributed by atoms with van der Waals surface area (Å²) in [4.78, 5) is 35.5. The Bertz CT molecular complexity index is 1230. The molecule has 1 N–H and O–H groups in total. The fourth-order valence-electron chi connectivity index (χ4n) is 7.40. The number of nitrogens with zero attached hydrogens (tertiary/aromatic N) is 1. The number of allylic oxidation sites excluding steroid dienone is 4. The van der Waals surface area contributed by atoms with Crippen molar-refractivity contribution in [3.8, 4) is 0 Å². The first-order valence-electron chi connectivity index (χ1n) is 25.8. The molecule has 1 fully saturated rings. The molecule has 1 aliphatic heterocycles. The predicted octanol–water partition coefficient (Wildman–Crippen LogP) is 14.2. The Morgan fingerprint density at radius 1 is 0.571 bits per heavy atom. The van der Waals surface area contributed by atoms with Crippen LogP contribution in [0.15, 0.2) is 36.5 Å². The first-order valence-corrected chi connectivity index (χ1v) is 27.3. The smallest absolute Gasteiger partial charge is 0.462 e. The van der Waals surface area contributed by atoms with Crippen molar-refractivity contribution in [3.05, 3.63) is 36.5 Å². The number of phosphoric ester groups is 1. The maximum Gasteiger partial charge on any atom is 0.472 e. The molecule has 3 unspecified atom stereocenters. The van der Waals surface area contributed by atoms with Crippen molar-refractivity contribution in [2.75, 3.05) is 47.5 Å². The minimum absolute atomic E-state index is 0.0199.